The highest BCUT2D eigenvalue weighted by molar-refractivity contribution is 6.35. The molecule has 0 amide bonds. The minimum atomic E-state index is 0. The molecule has 0 spiro atoms. The van der Waals surface area contributed by atoms with Crippen molar-refractivity contribution in [3.63, 3.8) is 0 Å². The standard InChI is InChI=1S/C21H18Cl3NO.ClH/c22-18-9-8-17(21(24)11-18)14-26-19-6-3-4-15(10-19)12-25-13-16-5-1-2-7-20(16)23;/h1-11,25H,12-14H2;1H. The van der Waals surface area contributed by atoms with E-state index in [4.69, 9.17) is 39.5 Å². The fourth-order valence-corrected chi connectivity index (χ4v) is 3.19. The van der Waals surface area contributed by atoms with Gasteiger partial charge in [-0.25, -0.2) is 0 Å². The fraction of sp³-hybridized carbons (Fsp3) is 0.143. The topological polar surface area (TPSA) is 21.3 Å². The first-order valence-corrected chi connectivity index (χ1v) is 9.35. The van der Waals surface area contributed by atoms with Gasteiger partial charge in [-0.15, -0.1) is 12.4 Å². The zero-order chi connectivity index (χ0) is 18.4. The Balaban J connectivity index is 0.00000261. The van der Waals surface area contributed by atoms with Crippen LogP contribution in [-0.4, -0.2) is 0 Å². The SMILES string of the molecule is Cl.Clc1ccc(COc2cccc(CNCc3ccccc3Cl)c2)c(Cl)c1. The maximum atomic E-state index is 6.18. The van der Waals surface area contributed by atoms with Crippen molar-refractivity contribution in [3.8, 4) is 5.75 Å². The van der Waals surface area contributed by atoms with E-state index < -0.39 is 0 Å². The van der Waals surface area contributed by atoms with E-state index in [1.54, 1.807) is 12.1 Å². The maximum absolute atomic E-state index is 6.18. The van der Waals surface area contributed by atoms with Crippen molar-refractivity contribution in [2.75, 3.05) is 0 Å². The number of hydrogen-bond donors (Lipinski definition) is 1. The lowest BCUT2D eigenvalue weighted by molar-refractivity contribution is 0.306. The Bertz CT molecular complexity index is 886. The Labute approximate surface area is 180 Å². The molecule has 0 aliphatic rings. The Morgan fingerprint density at radius 2 is 1.56 bits per heavy atom. The van der Waals surface area contributed by atoms with Crippen LogP contribution < -0.4 is 10.1 Å². The number of nitrogens with one attached hydrogen (secondary N) is 1. The third-order valence-corrected chi connectivity index (χ3v) is 4.87. The van der Waals surface area contributed by atoms with Gasteiger partial charge < -0.3 is 10.1 Å². The van der Waals surface area contributed by atoms with Crippen molar-refractivity contribution >= 4 is 47.2 Å². The first-order chi connectivity index (χ1) is 12.6. The van der Waals surface area contributed by atoms with E-state index in [1.807, 2.05) is 48.5 Å². The van der Waals surface area contributed by atoms with Gasteiger partial charge in [0, 0.05) is 33.7 Å². The molecule has 27 heavy (non-hydrogen) atoms. The smallest absolute Gasteiger partial charge is 0.120 e. The number of rotatable bonds is 7. The molecular weight excluding hydrogens is 424 g/mol. The lowest BCUT2D eigenvalue weighted by Crippen LogP contribution is -2.13. The van der Waals surface area contributed by atoms with Crippen molar-refractivity contribution in [1.82, 2.24) is 5.32 Å². The number of halogens is 4. The van der Waals surface area contributed by atoms with E-state index in [9.17, 15) is 0 Å². The molecule has 3 rings (SSSR count). The molecule has 0 aromatic heterocycles. The van der Waals surface area contributed by atoms with Gasteiger partial charge in [0.2, 0.25) is 0 Å². The van der Waals surface area contributed by atoms with E-state index in [0.29, 0.717) is 23.2 Å². The van der Waals surface area contributed by atoms with Crippen LogP contribution in [0.4, 0.5) is 0 Å². The van der Waals surface area contributed by atoms with Gasteiger partial charge in [0.1, 0.15) is 12.4 Å². The molecule has 0 unspecified atom stereocenters. The molecule has 2 nitrogen and oxygen atoms in total. The summed E-state index contributed by atoms with van der Waals surface area (Å²) in [6.07, 6.45) is 0. The normalized spacial score (nSPS) is 10.3. The summed E-state index contributed by atoms with van der Waals surface area (Å²) >= 11 is 18.3. The van der Waals surface area contributed by atoms with Crippen molar-refractivity contribution in [1.29, 1.82) is 0 Å². The summed E-state index contributed by atoms with van der Waals surface area (Å²) in [5.41, 5.74) is 3.12. The van der Waals surface area contributed by atoms with E-state index in [2.05, 4.69) is 11.4 Å². The van der Waals surface area contributed by atoms with Gasteiger partial charge >= 0.3 is 0 Å². The first kappa shape index (κ1) is 21.9. The second-order valence-corrected chi connectivity index (χ2v) is 7.12. The molecule has 6 heteroatoms. The molecule has 142 valence electrons. The Morgan fingerprint density at radius 1 is 0.741 bits per heavy atom. The molecule has 0 bridgehead atoms. The monoisotopic (exact) mass is 441 g/mol. The van der Waals surface area contributed by atoms with Crippen LogP contribution in [0.5, 0.6) is 5.75 Å². The Hall–Kier alpha value is -1.42. The summed E-state index contributed by atoms with van der Waals surface area (Å²) in [7, 11) is 0. The highest BCUT2D eigenvalue weighted by Gasteiger charge is 2.04. The van der Waals surface area contributed by atoms with Gasteiger partial charge in [-0.05, 0) is 41.5 Å². The summed E-state index contributed by atoms with van der Waals surface area (Å²) in [4.78, 5) is 0. The Morgan fingerprint density at radius 3 is 2.33 bits per heavy atom. The molecule has 0 saturated heterocycles. The van der Waals surface area contributed by atoms with Gasteiger partial charge in [0.15, 0.2) is 0 Å². The predicted octanol–water partition coefficient (Wildman–Crippen LogP) is 6.94. The van der Waals surface area contributed by atoms with Crippen LogP contribution in [0, 0.1) is 0 Å². The number of benzene rings is 3. The fourth-order valence-electron chi connectivity index (χ4n) is 2.53. The van der Waals surface area contributed by atoms with Crippen LogP contribution in [0.25, 0.3) is 0 Å². The van der Waals surface area contributed by atoms with Crippen molar-refractivity contribution in [3.05, 3.63) is 98.5 Å². The molecule has 0 fully saturated rings. The average molecular weight is 443 g/mol. The molecule has 3 aromatic carbocycles. The maximum Gasteiger partial charge on any atom is 0.120 e. The van der Waals surface area contributed by atoms with Crippen molar-refractivity contribution in [2.24, 2.45) is 0 Å². The number of ether oxygens (including phenoxy) is 1. The quantitative estimate of drug-likeness (QED) is 0.427. The van der Waals surface area contributed by atoms with Crippen molar-refractivity contribution < 1.29 is 4.74 Å². The third-order valence-electron chi connectivity index (χ3n) is 3.91. The van der Waals surface area contributed by atoms with E-state index in [0.717, 1.165) is 34.0 Å². The first-order valence-electron chi connectivity index (χ1n) is 8.21. The van der Waals surface area contributed by atoms with Crippen molar-refractivity contribution in [2.45, 2.75) is 19.7 Å². The van der Waals surface area contributed by atoms with Crippen LogP contribution in [-0.2, 0) is 19.7 Å². The Kier molecular flexibility index (Phi) is 8.75. The van der Waals surface area contributed by atoms with Crippen LogP contribution in [0.3, 0.4) is 0 Å². The van der Waals surface area contributed by atoms with Gasteiger partial charge in [-0.3, -0.25) is 0 Å². The predicted molar refractivity (Wildman–Crippen MR) is 116 cm³/mol. The summed E-state index contributed by atoms with van der Waals surface area (Å²) in [6.45, 7) is 1.84. The zero-order valence-corrected chi connectivity index (χ0v) is 17.5. The third kappa shape index (κ3) is 6.60. The lowest BCUT2D eigenvalue weighted by atomic mass is 10.2. The van der Waals surface area contributed by atoms with Crippen LogP contribution in [0.1, 0.15) is 16.7 Å². The van der Waals surface area contributed by atoms with Crippen LogP contribution in [0.15, 0.2) is 66.7 Å². The molecule has 0 atom stereocenters. The molecule has 0 saturated carbocycles. The van der Waals surface area contributed by atoms with E-state index in [1.165, 1.54) is 0 Å². The second-order valence-electron chi connectivity index (χ2n) is 5.87. The summed E-state index contributed by atoms with van der Waals surface area (Å²) < 4.78 is 5.86. The van der Waals surface area contributed by atoms with Crippen LogP contribution >= 0.6 is 47.2 Å². The zero-order valence-electron chi connectivity index (χ0n) is 14.4. The van der Waals surface area contributed by atoms with E-state index >= 15 is 0 Å². The van der Waals surface area contributed by atoms with Gasteiger partial charge in [0.25, 0.3) is 0 Å². The molecular formula is C21H19Cl4NO. The molecule has 1 N–H and O–H groups in total. The minimum Gasteiger partial charge on any atom is -0.489 e. The summed E-state index contributed by atoms with van der Waals surface area (Å²) in [5, 5.41) is 5.40. The largest absolute Gasteiger partial charge is 0.489 e. The molecule has 0 aliphatic heterocycles. The molecule has 0 radical (unpaired) electrons. The lowest BCUT2D eigenvalue weighted by Gasteiger charge is -2.10. The van der Waals surface area contributed by atoms with Crippen LogP contribution in [0.2, 0.25) is 15.1 Å². The second kappa shape index (κ2) is 10.8. The van der Waals surface area contributed by atoms with Gasteiger partial charge in [-0.1, -0.05) is 71.2 Å². The van der Waals surface area contributed by atoms with Gasteiger partial charge in [-0.2, -0.15) is 0 Å². The number of hydrogen-bond acceptors (Lipinski definition) is 2. The van der Waals surface area contributed by atoms with Gasteiger partial charge in [0.05, 0.1) is 0 Å². The average Bonchev–Trinajstić information content (AvgIpc) is 2.63. The molecule has 0 heterocycles. The highest BCUT2D eigenvalue weighted by Crippen LogP contribution is 2.23. The van der Waals surface area contributed by atoms with E-state index in [-0.39, 0.29) is 12.4 Å². The summed E-state index contributed by atoms with van der Waals surface area (Å²) in [6, 6.07) is 21.2. The highest BCUT2D eigenvalue weighted by atomic mass is 35.5. The minimum absolute atomic E-state index is 0. The molecule has 0 aliphatic carbocycles. The summed E-state index contributed by atoms with van der Waals surface area (Å²) in [5.74, 6) is 0.799. The molecule has 3 aromatic rings.